The van der Waals surface area contributed by atoms with Crippen LogP contribution in [-0.2, 0) is 0 Å². The van der Waals surface area contributed by atoms with Gasteiger partial charge in [-0.2, -0.15) is 0 Å². The Kier molecular flexibility index (Phi) is 4.06. The predicted molar refractivity (Wildman–Crippen MR) is 59.6 cm³/mol. The maximum atomic E-state index is 11.6. The van der Waals surface area contributed by atoms with Gasteiger partial charge in [0.05, 0.1) is 7.11 Å². The molecule has 0 aliphatic rings. The Hall–Kier alpha value is -2.08. The lowest BCUT2D eigenvalue weighted by Gasteiger charge is -2.09. The van der Waals surface area contributed by atoms with E-state index in [1.165, 1.54) is 13.2 Å². The molecule has 6 heteroatoms. The number of Topliss-reactive ketones (excluding diaryl/α,β-unsaturated/α-hetero) is 1. The number of carbonyl (C=O) groups excluding carboxylic acids is 1. The minimum Gasteiger partial charge on any atom is -0.504 e. The van der Waals surface area contributed by atoms with Crippen molar-refractivity contribution in [2.45, 2.75) is 6.42 Å². The third-order valence-electron chi connectivity index (χ3n) is 2.22. The smallest absolute Gasteiger partial charge is 0.339 e. The molecule has 0 radical (unpaired) electrons. The topological polar surface area (TPSA) is 110 Å². The highest BCUT2D eigenvalue weighted by Crippen LogP contribution is 2.31. The number of aromatic hydroxyl groups is 1. The second-order valence-corrected chi connectivity index (χ2v) is 3.34. The van der Waals surface area contributed by atoms with Crippen LogP contribution in [0, 0.1) is 0 Å². The van der Waals surface area contributed by atoms with Crippen molar-refractivity contribution in [1.29, 1.82) is 0 Å². The molecule has 17 heavy (non-hydrogen) atoms. The number of aromatic carboxylic acids is 1. The van der Waals surface area contributed by atoms with Gasteiger partial charge in [0.1, 0.15) is 5.56 Å². The van der Waals surface area contributed by atoms with Gasteiger partial charge in [-0.05, 0) is 18.7 Å². The molecule has 0 atom stereocenters. The maximum Gasteiger partial charge on any atom is 0.339 e. The molecule has 0 heterocycles. The standard InChI is InChI=1S/C11H13NO5/c1-17-9-5-6(8(13)2-3-12)4-7(10(9)14)11(15)16/h4-5,14H,2-3,12H2,1H3,(H,15,16). The van der Waals surface area contributed by atoms with Crippen LogP contribution in [0.4, 0.5) is 0 Å². The summed E-state index contributed by atoms with van der Waals surface area (Å²) >= 11 is 0. The summed E-state index contributed by atoms with van der Waals surface area (Å²) < 4.78 is 4.81. The van der Waals surface area contributed by atoms with E-state index in [0.717, 1.165) is 6.07 Å². The molecule has 0 aliphatic heterocycles. The minimum atomic E-state index is -1.33. The van der Waals surface area contributed by atoms with E-state index >= 15 is 0 Å². The molecule has 0 spiro atoms. The zero-order valence-corrected chi connectivity index (χ0v) is 9.27. The summed E-state index contributed by atoms with van der Waals surface area (Å²) in [5.41, 5.74) is 5.03. The molecule has 4 N–H and O–H groups in total. The lowest BCUT2D eigenvalue weighted by atomic mass is 10.0. The van der Waals surface area contributed by atoms with Crippen LogP contribution in [0.25, 0.3) is 0 Å². The van der Waals surface area contributed by atoms with Gasteiger partial charge in [-0.15, -0.1) is 0 Å². The van der Waals surface area contributed by atoms with Gasteiger partial charge in [-0.1, -0.05) is 0 Å². The molecule has 0 saturated carbocycles. The SMILES string of the molecule is COc1cc(C(=O)CCN)cc(C(=O)O)c1O. The predicted octanol–water partition coefficient (Wildman–Crippen LogP) is 0.630. The van der Waals surface area contributed by atoms with Crippen LogP contribution in [0.1, 0.15) is 27.1 Å². The van der Waals surface area contributed by atoms with Crippen molar-refractivity contribution in [3.8, 4) is 11.5 Å². The first kappa shape index (κ1) is 13.0. The fraction of sp³-hybridized carbons (Fsp3) is 0.273. The van der Waals surface area contributed by atoms with Crippen molar-refractivity contribution in [3.63, 3.8) is 0 Å². The summed E-state index contributed by atoms with van der Waals surface area (Å²) in [6, 6.07) is 2.40. The zero-order chi connectivity index (χ0) is 13.0. The Morgan fingerprint density at radius 2 is 2.06 bits per heavy atom. The Morgan fingerprint density at radius 1 is 1.41 bits per heavy atom. The minimum absolute atomic E-state index is 0.0507. The van der Waals surface area contributed by atoms with Crippen LogP contribution >= 0.6 is 0 Å². The summed E-state index contributed by atoms with van der Waals surface area (Å²) in [5.74, 6) is -2.17. The van der Waals surface area contributed by atoms with Gasteiger partial charge in [-0.3, -0.25) is 4.79 Å². The highest BCUT2D eigenvalue weighted by atomic mass is 16.5. The lowest BCUT2D eigenvalue weighted by molar-refractivity contribution is 0.0693. The van der Waals surface area contributed by atoms with Gasteiger partial charge in [-0.25, -0.2) is 4.79 Å². The number of phenols is 1. The highest BCUT2D eigenvalue weighted by molar-refractivity contribution is 6.01. The fourth-order valence-electron chi connectivity index (χ4n) is 1.36. The third-order valence-corrected chi connectivity index (χ3v) is 2.22. The number of hydrogen-bond acceptors (Lipinski definition) is 5. The number of benzene rings is 1. The Morgan fingerprint density at radius 3 is 2.53 bits per heavy atom. The maximum absolute atomic E-state index is 11.6. The van der Waals surface area contributed by atoms with Crippen molar-refractivity contribution < 1.29 is 24.5 Å². The first-order valence-corrected chi connectivity index (χ1v) is 4.88. The zero-order valence-electron chi connectivity index (χ0n) is 9.27. The molecule has 0 amide bonds. The Bertz CT molecular complexity index is 455. The van der Waals surface area contributed by atoms with E-state index in [2.05, 4.69) is 0 Å². The highest BCUT2D eigenvalue weighted by Gasteiger charge is 2.18. The van der Waals surface area contributed by atoms with Crippen molar-refractivity contribution in [3.05, 3.63) is 23.3 Å². The van der Waals surface area contributed by atoms with Gasteiger partial charge < -0.3 is 20.7 Å². The third kappa shape index (κ3) is 2.73. The van der Waals surface area contributed by atoms with E-state index < -0.39 is 11.7 Å². The molecular weight excluding hydrogens is 226 g/mol. The average Bonchev–Trinajstić information content (AvgIpc) is 2.29. The van der Waals surface area contributed by atoms with Crippen LogP contribution in [0.5, 0.6) is 11.5 Å². The number of methoxy groups -OCH3 is 1. The van der Waals surface area contributed by atoms with Gasteiger partial charge in [0, 0.05) is 12.0 Å². The number of nitrogens with two attached hydrogens (primary N) is 1. The van der Waals surface area contributed by atoms with E-state index in [4.69, 9.17) is 15.6 Å². The molecule has 6 nitrogen and oxygen atoms in total. The molecule has 0 unspecified atom stereocenters. The molecule has 0 fully saturated rings. The average molecular weight is 239 g/mol. The molecule has 0 bridgehead atoms. The Balaban J connectivity index is 3.29. The van der Waals surface area contributed by atoms with Crippen molar-refractivity contribution in [1.82, 2.24) is 0 Å². The van der Waals surface area contributed by atoms with Crippen molar-refractivity contribution in [2.75, 3.05) is 13.7 Å². The largest absolute Gasteiger partial charge is 0.504 e. The van der Waals surface area contributed by atoms with E-state index in [9.17, 15) is 14.7 Å². The molecule has 1 aromatic carbocycles. The van der Waals surface area contributed by atoms with Gasteiger partial charge in [0.2, 0.25) is 0 Å². The quantitative estimate of drug-likeness (QED) is 0.650. The number of hydrogen-bond donors (Lipinski definition) is 3. The summed E-state index contributed by atoms with van der Waals surface area (Å²) in [6.45, 7) is 0.171. The van der Waals surface area contributed by atoms with Crippen molar-refractivity contribution in [2.24, 2.45) is 5.73 Å². The van der Waals surface area contributed by atoms with Gasteiger partial charge in [0.15, 0.2) is 17.3 Å². The molecule has 0 saturated heterocycles. The van der Waals surface area contributed by atoms with Crippen molar-refractivity contribution >= 4 is 11.8 Å². The summed E-state index contributed by atoms with van der Waals surface area (Å²) in [6.07, 6.45) is 0.104. The first-order chi connectivity index (χ1) is 8.01. The summed E-state index contributed by atoms with van der Waals surface area (Å²) in [5, 5.41) is 18.4. The number of ketones is 1. The van der Waals surface area contributed by atoms with Crippen LogP contribution < -0.4 is 10.5 Å². The van der Waals surface area contributed by atoms with E-state index in [-0.39, 0.29) is 35.6 Å². The number of rotatable bonds is 5. The lowest BCUT2D eigenvalue weighted by Crippen LogP contribution is -2.10. The summed E-state index contributed by atoms with van der Waals surface area (Å²) in [4.78, 5) is 22.5. The number of ether oxygens (including phenoxy) is 1. The molecule has 1 rings (SSSR count). The van der Waals surface area contributed by atoms with Crippen LogP contribution in [0.3, 0.4) is 0 Å². The second-order valence-electron chi connectivity index (χ2n) is 3.34. The van der Waals surface area contributed by atoms with E-state index in [1.54, 1.807) is 0 Å². The first-order valence-electron chi connectivity index (χ1n) is 4.88. The monoisotopic (exact) mass is 239 g/mol. The fourth-order valence-corrected chi connectivity index (χ4v) is 1.36. The molecule has 92 valence electrons. The molecular formula is C11H13NO5. The second kappa shape index (κ2) is 5.31. The van der Waals surface area contributed by atoms with E-state index in [1.807, 2.05) is 0 Å². The van der Waals surface area contributed by atoms with Gasteiger partial charge >= 0.3 is 5.97 Å². The van der Waals surface area contributed by atoms with Gasteiger partial charge in [0.25, 0.3) is 0 Å². The van der Waals surface area contributed by atoms with Crippen LogP contribution in [0.2, 0.25) is 0 Å². The molecule has 0 aromatic heterocycles. The number of carboxylic acids is 1. The van der Waals surface area contributed by atoms with Crippen LogP contribution in [0.15, 0.2) is 12.1 Å². The summed E-state index contributed by atoms with van der Waals surface area (Å²) in [7, 11) is 1.28. The molecule has 1 aromatic rings. The molecule has 0 aliphatic carbocycles. The number of carboxylic acid groups (broad SMARTS) is 1. The normalized spacial score (nSPS) is 10.0. The van der Waals surface area contributed by atoms with Crippen LogP contribution in [-0.4, -0.2) is 35.6 Å². The van der Waals surface area contributed by atoms with E-state index in [0.29, 0.717) is 0 Å². The number of carbonyl (C=O) groups is 2. The Labute approximate surface area is 97.6 Å².